The van der Waals surface area contributed by atoms with Crippen LogP contribution in [0.15, 0.2) is 72.8 Å². The summed E-state index contributed by atoms with van der Waals surface area (Å²) in [5, 5.41) is 2.71. The molecule has 0 unspecified atom stereocenters. The number of amides is 2. The molecule has 4 rings (SSSR count). The summed E-state index contributed by atoms with van der Waals surface area (Å²) >= 11 is 0. The van der Waals surface area contributed by atoms with Gasteiger partial charge in [0.05, 0.1) is 11.6 Å². The van der Waals surface area contributed by atoms with Gasteiger partial charge in [-0.15, -0.1) is 0 Å². The van der Waals surface area contributed by atoms with Crippen LogP contribution in [0.4, 0.5) is 14.5 Å². The summed E-state index contributed by atoms with van der Waals surface area (Å²) in [6.07, 6.45) is 0. The number of carbonyl (C=O) groups is 2. The maximum atomic E-state index is 14.3. The highest BCUT2D eigenvalue weighted by atomic mass is 19.1. The van der Waals surface area contributed by atoms with Crippen molar-refractivity contribution in [3.05, 3.63) is 101 Å². The predicted molar refractivity (Wildman–Crippen MR) is 101 cm³/mol. The monoisotopic (exact) mass is 378 g/mol. The molecule has 0 aliphatic carbocycles. The zero-order chi connectivity index (χ0) is 19.7. The first kappa shape index (κ1) is 17.9. The van der Waals surface area contributed by atoms with E-state index in [9.17, 15) is 18.4 Å². The van der Waals surface area contributed by atoms with Gasteiger partial charge in [-0.05, 0) is 35.9 Å². The maximum Gasteiger partial charge on any atom is 0.258 e. The van der Waals surface area contributed by atoms with Gasteiger partial charge in [0.25, 0.3) is 5.91 Å². The first-order valence-corrected chi connectivity index (χ1v) is 8.74. The molecule has 3 aromatic rings. The lowest BCUT2D eigenvalue weighted by atomic mass is 9.95. The molecule has 0 saturated heterocycles. The Kier molecular flexibility index (Phi) is 4.61. The van der Waals surface area contributed by atoms with Crippen LogP contribution in [0.25, 0.3) is 0 Å². The molecule has 1 atom stereocenters. The number of hydrogen-bond acceptors (Lipinski definition) is 2. The Morgan fingerprint density at radius 1 is 0.964 bits per heavy atom. The lowest BCUT2D eigenvalue weighted by molar-refractivity contribution is -0.117. The van der Waals surface area contributed by atoms with E-state index in [0.717, 1.165) is 0 Å². The Bertz CT molecular complexity index is 1050. The Morgan fingerprint density at radius 3 is 2.43 bits per heavy atom. The number of hydrogen-bond donors (Lipinski definition) is 1. The number of nitrogens with zero attached hydrogens (tertiary/aromatic N) is 1. The fourth-order valence-corrected chi connectivity index (χ4v) is 3.45. The fraction of sp³-hybridized carbons (Fsp3) is 0.0909. The molecule has 1 aliphatic rings. The third kappa shape index (κ3) is 3.24. The number of anilines is 1. The van der Waals surface area contributed by atoms with Crippen molar-refractivity contribution in [1.29, 1.82) is 0 Å². The number of halogens is 2. The van der Waals surface area contributed by atoms with Crippen molar-refractivity contribution in [1.82, 2.24) is 4.90 Å². The van der Waals surface area contributed by atoms with Gasteiger partial charge in [0.1, 0.15) is 18.2 Å². The van der Waals surface area contributed by atoms with Gasteiger partial charge in [0, 0.05) is 11.3 Å². The van der Waals surface area contributed by atoms with E-state index < -0.39 is 29.5 Å². The predicted octanol–water partition coefficient (Wildman–Crippen LogP) is 4.15. The molecular weight excluding hydrogens is 362 g/mol. The van der Waals surface area contributed by atoms with Crippen molar-refractivity contribution >= 4 is 17.5 Å². The van der Waals surface area contributed by atoms with Gasteiger partial charge in [0.2, 0.25) is 5.91 Å². The summed E-state index contributed by atoms with van der Waals surface area (Å²) < 4.78 is 28.3. The van der Waals surface area contributed by atoms with Crippen LogP contribution in [0.1, 0.15) is 27.5 Å². The van der Waals surface area contributed by atoms with E-state index in [4.69, 9.17) is 0 Å². The molecule has 1 heterocycles. The highest BCUT2D eigenvalue weighted by Crippen LogP contribution is 2.37. The van der Waals surface area contributed by atoms with Gasteiger partial charge in [-0.2, -0.15) is 0 Å². The number of carbonyl (C=O) groups excluding carboxylic acids is 2. The van der Waals surface area contributed by atoms with Gasteiger partial charge in [0.15, 0.2) is 0 Å². The SMILES string of the molecule is O=C1CN(C(=O)c2ccccc2F)[C@H](c2ccccc2)c2cc(F)ccc2N1. The minimum Gasteiger partial charge on any atom is -0.324 e. The molecule has 0 spiro atoms. The first-order chi connectivity index (χ1) is 13.5. The van der Waals surface area contributed by atoms with Crippen LogP contribution in [-0.2, 0) is 4.79 Å². The molecule has 6 heteroatoms. The van der Waals surface area contributed by atoms with E-state index in [1.165, 1.54) is 41.3 Å². The highest BCUT2D eigenvalue weighted by Gasteiger charge is 2.34. The Balaban J connectivity index is 1.91. The van der Waals surface area contributed by atoms with Crippen LogP contribution in [0.5, 0.6) is 0 Å². The van der Waals surface area contributed by atoms with Gasteiger partial charge < -0.3 is 10.2 Å². The van der Waals surface area contributed by atoms with E-state index in [1.54, 1.807) is 30.3 Å². The van der Waals surface area contributed by atoms with E-state index in [0.29, 0.717) is 16.8 Å². The van der Waals surface area contributed by atoms with Gasteiger partial charge >= 0.3 is 0 Å². The third-order valence-electron chi connectivity index (χ3n) is 4.69. The highest BCUT2D eigenvalue weighted by molar-refractivity contribution is 6.01. The summed E-state index contributed by atoms with van der Waals surface area (Å²) in [7, 11) is 0. The summed E-state index contributed by atoms with van der Waals surface area (Å²) in [6, 6.07) is 17.8. The standard InChI is InChI=1S/C22H16F2N2O2/c23-15-10-11-19-17(12-15)21(14-6-2-1-3-7-14)26(13-20(27)25-19)22(28)16-8-4-5-9-18(16)24/h1-12,21H,13H2,(H,25,27)/t21-/m1/s1. The second kappa shape index (κ2) is 7.23. The summed E-state index contributed by atoms with van der Waals surface area (Å²) in [6.45, 7) is -0.289. The van der Waals surface area contributed by atoms with E-state index in [1.807, 2.05) is 6.07 Å². The zero-order valence-electron chi connectivity index (χ0n) is 14.7. The maximum absolute atomic E-state index is 14.3. The second-order valence-corrected chi connectivity index (χ2v) is 6.51. The molecule has 1 N–H and O–H groups in total. The largest absolute Gasteiger partial charge is 0.324 e. The lowest BCUT2D eigenvalue weighted by Crippen LogP contribution is -2.39. The first-order valence-electron chi connectivity index (χ1n) is 8.74. The molecule has 3 aromatic carbocycles. The molecule has 140 valence electrons. The topological polar surface area (TPSA) is 49.4 Å². The van der Waals surface area contributed by atoms with E-state index in [2.05, 4.69) is 5.32 Å². The average molecular weight is 378 g/mol. The summed E-state index contributed by atoms with van der Waals surface area (Å²) in [5.74, 6) is -2.24. The minimum absolute atomic E-state index is 0.143. The summed E-state index contributed by atoms with van der Waals surface area (Å²) in [5.41, 5.74) is 1.40. The average Bonchev–Trinajstić information content (AvgIpc) is 2.84. The van der Waals surface area contributed by atoms with Crippen molar-refractivity contribution in [2.45, 2.75) is 6.04 Å². The fourth-order valence-electron chi connectivity index (χ4n) is 3.45. The number of benzene rings is 3. The van der Waals surface area contributed by atoms with Crippen LogP contribution < -0.4 is 5.32 Å². The van der Waals surface area contributed by atoms with Crippen molar-refractivity contribution in [2.75, 3.05) is 11.9 Å². The third-order valence-corrected chi connectivity index (χ3v) is 4.69. The van der Waals surface area contributed by atoms with Crippen LogP contribution >= 0.6 is 0 Å². The molecule has 4 nitrogen and oxygen atoms in total. The molecule has 0 aromatic heterocycles. The molecule has 1 aliphatic heterocycles. The number of fused-ring (bicyclic) bond motifs is 1. The molecule has 28 heavy (non-hydrogen) atoms. The van der Waals surface area contributed by atoms with Gasteiger partial charge in [-0.3, -0.25) is 9.59 Å². The smallest absolute Gasteiger partial charge is 0.258 e. The molecule has 2 amide bonds. The number of nitrogens with one attached hydrogen (secondary N) is 1. The minimum atomic E-state index is -0.752. The Morgan fingerprint density at radius 2 is 1.68 bits per heavy atom. The molecular formula is C22H16F2N2O2. The van der Waals surface area contributed by atoms with Crippen LogP contribution in [-0.4, -0.2) is 23.3 Å². The molecule has 0 fully saturated rings. The summed E-state index contributed by atoms with van der Waals surface area (Å²) in [4.78, 5) is 26.9. The number of rotatable bonds is 2. The van der Waals surface area contributed by atoms with E-state index in [-0.39, 0.29) is 12.1 Å². The molecule has 0 saturated carbocycles. The van der Waals surface area contributed by atoms with Crippen molar-refractivity contribution in [2.24, 2.45) is 0 Å². The molecule has 0 radical (unpaired) electrons. The Hall–Kier alpha value is -3.54. The van der Waals surface area contributed by atoms with Crippen molar-refractivity contribution in [3.63, 3.8) is 0 Å². The van der Waals surface area contributed by atoms with Crippen molar-refractivity contribution < 1.29 is 18.4 Å². The van der Waals surface area contributed by atoms with E-state index >= 15 is 0 Å². The lowest BCUT2D eigenvalue weighted by Gasteiger charge is -2.30. The normalized spacial score (nSPS) is 16.1. The van der Waals surface area contributed by atoms with Gasteiger partial charge in [-0.25, -0.2) is 8.78 Å². The van der Waals surface area contributed by atoms with Gasteiger partial charge in [-0.1, -0.05) is 42.5 Å². The second-order valence-electron chi connectivity index (χ2n) is 6.51. The van der Waals surface area contributed by atoms with Crippen molar-refractivity contribution in [3.8, 4) is 0 Å². The molecule has 0 bridgehead atoms. The zero-order valence-corrected chi connectivity index (χ0v) is 14.7. The van der Waals surface area contributed by atoms with Crippen LogP contribution in [0, 0.1) is 11.6 Å². The van der Waals surface area contributed by atoms with Crippen LogP contribution in [0.2, 0.25) is 0 Å². The quantitative estimate of drug-likeness (QED) is 0.728. The Labute approximate surface area is 160 Å². The van der Waals surface area contributed by atoms with Crippen LogP contribution in [0.3, 0.4) is 0 Å².